The molecule has 1 aliphatic rings. The molecule has 0 saturated heterocycles. The third kappa shape index (κ3) is 2.25. The molecule has 1 saturated carbocycles. The maximum atomic E-state index is 13.0. The van der Waals surface area contributed by atoms with Crippen LogP contribution in [-0.2, 0) is 5.41 Å². The van der Waals surface area contributed by atoms with E-state index in [0.717, 1.165) is 5.92 Å². The molecule has 0 heterocycles. The molecule has 0 radical (unpaired) electrons. The number of rotatable bonds is 4. The van der Waals surface area contributed by atoms with Gasteiger partial charge in [0.2, 0.25) is 0 Å². The number of hydrogen-bond acceptors (Lipinski definition) is 0. The van der Waals surface area contributed by atoms with Crippen LogP contribution in [0.15, 0.2) is 24.3 Å². The summed E-state index contributed by atoms with van der Waals surface area (Å²) in [5.41, 5.74) is 1.99. The second-order valence-corrected chi connectivity index (χ2v) is 6.58. The van der Waals surface area contributed by atoms with Gasteiger partial charge in [-0.1, -0.05) is 46.2 Å². The van der Waals surface area contributed by atoms with Crippen LogP contribution < -0.4 is 0 Å². The summed E-state index contributed by atoms with van der Waals surface area (Å²) in [7, 11) is 0. The van der Waals surface area contributed by atoms with Crippen LogP contribution in [0.3, 0.4) is 0 Å². The molecule has 1 fully saturated rings. The van der Waals surface area contributed by atoms with Crippen LogP contribution in [0, 0.1) is 17.2 Å². The summed E-state index contributed by atoms with van der Waals surface area (Å²) in [6.07, 6.45) is 3.71. The highest BCUT2D eigenvalue weighted by atomic mass is 19.1. The van der Waals surface area contributed by atoms with Gasteiger partial charge in [-0.05, 0) is 41.9 Å². The monoisotopic (exact) mass is 234 g/mol. The Morgan fingerprint density at radius 1 is 1.18 bits per heavy atom. The molecule has 94 valence electrons. The van der Waals surface area contributed by atoms with Crippen LogP contribution in [0.4, 0.5) is 4.39 Å². The molecule has 0 bridgehead atoms. The Labute approximate surface area is 104 Å². The van der Waals surface area contributed by atoms with Crippen molar-refractivity contribution in [3.05, 3.63) is 35.6 Å². The fourth-order valence-electron chi connectivity index (χ4n) is 3.08. The normalized spacial score (nSPS) is 26.2. The van der Waals surface area contributed by atoms with Crippen molar-refractivity contribution in [3.8, 4) is 0 Å². The average molecular weight is 234 g/mol. The van der Waals surface area contributed by atoms with E-state index >= 15 is 0 Å². The van der Waals surface area contributed by atoms with Gasteiger partial charge in [-0.3, -0.25) is 0 Å². The Hall–Kier alpha value is -0.850. The molecule has 0 spiro atoms. The second-order valence-electron chi connectivity index (χ2n) is 6.58. The van der Waals surface area contributed by atoms with Gasteiger partial charge in [-0.2, -0.15) is 0 Å². The minimum Gasteiger partial charge on any atom is -0.207 e. The number of halogens is 1. The third-order valence-corrected chi connectivity index (χ3v) is 4.46. The lowest BCUT2D eigenvalue weighted by Crippen LogP contribution is -2.15. The van der Waals surface area contributed by atoms with Crippen LogP contribution in [0.5, 0.6) is 0 Å². The zero-order valence-corrected chi connectivity index (χ0v) is 11.4. The Balaban J connectivity index is 2.21. The van der Waals surface area contributed by atoms with Gasteiger partial charge in [0.25, 0.3) is 0 Å². The predicted molar refractivity (Wildman–Crippen MR) is 70.5 cm³/mol. The third-order valence-electron chi connectivity index (χ3n) is 4.46. The van der Waals surface area contributed by atoms with E-state index in [2.05, 4.69) is 27.7 Å². The van der Waals surface area contributed by atoms with Gasteiger partial charge in [0.05, 0.1) is 0 Å². The maximum absolute atomic E-state index is 13.0. The van der Waals surface area contributed by atoms with Crippen molar-refractivity contribution in [1.82, 2.24) is 0 Å². The zero-order chi connectivity index (χ0) is 12.7. The van der Waals surface area contributed by atoms with Crippen LogP contribution in [0.25, 0.3) is 0 Å². The Morgan fingerprint density at radius 2 is 1.71 bits per heavy atom. The van der Waals surface area contributed by atoms with Crippen molar-refractivity contribution in [3.63, 3.8) is 0 Å². The molecular formula is C16H23F. The van der Waals surface area contributed by atoms with Crippen molar-refractivity contribution >= 4 is 0 Å². The predicted octanol–water partition coefficient (Wildman–Crippen LogP) is 4.93. The van der Waals surface area contributed by atoms with Gasteiger partial charge < -0.3 is 0 Å². The van der Waals surface area contributed by atoms with Gasteiger partial charge in [0.15, 0.2) is 0 Å². The van der Waals surface area contributed by atoms with E-state index in [1.807, 2.05) is 12.1 Å². The van der Waals surface area contributed by atoms with Crippen LogP contribution in [-0.4, -0.2) is 0 Å². The first-order valence-corrected chi connectivity index (χ1v) is 6.63. The topological polar surface area (TPSA) is 0 Å². The molecule has 2 rings (SSSR count). The lowest BCUT2D eigenvalue weighted by Gasteiger charge is -2.22. The van der Waals surface area contributed by atoms with E-state index in [0.29, 0.717) is 10.8 Å². The molecule has 17 heavy (non-hydrogen) atoms. The largest absolute Gasteiger partial charge is 0.207 e. The molecular weight excluding hydrogens is 211 g/mol. The van der Waals surface area contributed by atoms with E-state index in [9.17, 15) is 4.39 Å². The molecule has 1 aromatic rings. The summed E-state index contributed by atoms with van der Waals surface area (Å²) in [4.78, 5) is 0. The van der Waals surface area contributed by atoms with Gasteiger partial charge in [-0.25, -0.2) is 4.39 Å². The summed E-state index contributed by atoms with van der Waals surface area (Å²) in [6, 6.07) is 7.15. The van der Waals surface area contributed by atoms with Gasteiger partial charge in [-0.15, -0.1) is 0 Å². The molecule has 1 heteroatoms. The highest BCUT2D eigenvalue weighted by Gasteiger charge is 2.60. The smallest absolute Gasteiger partial charge is 0.123 e. The Kier molecular flexibility index (Phi) is 3.05. The molecule has 0 aliphatic heterocycles. The van der Waals surface area contributed by atoms with Crippen LogP contribution >= 0.6 is 0 Å². The first kappa shape index (κ1) is 12.6. The molecule has 1 unspecified atom stereocenters. The molecule has 0 nitrogen and oxygen atoms in total. The van der Waals surface area contributed by atoms with Crippen molar-refractivity contribution in [2.24, 2.45) is 11.3 Å². The van der Waals surface area contributed by atoms with Crippen LogP contribution in [0.1, 0.15) is 52.5 Å². The van der Waals surface area contributed by atoms with Gasteiger partial charge in [0, 0.05) is 5.41 Å². The fourth-order valence-corrected chi connectivity index (χ4v) is 3.08. The molecule has 1 atom stereocenters. The summed E-state index contributed by atoms with van der Waals surface area (Å²) in [6.45, 7) is 9.20. The molecule has 1 aromatic carbocycles. The van der Waals surface area contributed by atoms with E-state index in [1.165, 1.54) is 24.8 Å². The van der Waals surface area contributed by atoms with Crippen molar-refractivity contribution in [2.75, 3.05) is 0 Å². The molecule has 0 N–H and O–H groups in total. The highest BCUT2D eigenvalue weighted by molar-refractivity contribution is 5.36. The summed E-state index contributed by atoms with van der Waals surface area (Å²) in [5, 5.41) is 0. The van der Waals surface area contributed by atoms with Crippen molar-refractivity contribution in [1.29, 1.82) is 0 Å². The summed E-state index contributed by atoms with van der Waals surface area (Å²) in [5.74, 6) is 0.606. The zero-order valence-electron chi connectivity index (χ0n) is 11.4. The van der Waals surface area contributed by atoms with E-state index in [-0.39, 0.29) is 5.82 Å². The highest BCUT2D eigenvalue weighted by Crippen LogP contribution is 2.66. The Bertz CT molecular complexity index is 388. The van der Waals surface area contributed by atoms with E-state index < -0.39 is 0 Å². The average Bonchev–Trinajstić information content (AvgIpc) is 2.80. The lowest BCUT2D eigenvalue weighted by atomic mass is 9.82. The first-order chi connectivity index (χ1) is 7.87. The minimum absolute atomic E-state index is 0.133. The van der Waals surface area contributed by atoms with Crippen molar-refractivity contribution in [2.45, 2.75) is 52.4 Å². The Morgan fingerprint density at radius 3 is 2.12 bits per heavy atom. The number of benzene rings is 1. The fraction of sp³-hybridized carbons (Fsp3) is 0.625. The van der Waals surface area contributed by atoms with Crippen LogP contribution in [0.2, 0.25) is 0 Å². The molecule has 0 aromatic heterocycles. The maximum Gasteiger partial charge on any atom is 0.123 e. The molecule has 1 aliphatic carbocycles. The van der Waals surface area contributed by atoms with Gasteiger partial charge in [0.1, 0.15) is 5.82 Å². The minimum atomic E-state index is -0.133. The second kappa shape index (κ2) is 4.12. The SMILES string of the molecule is CC(C)CCC1(c2ccc(F)cc2)CC1(C)C. The standard InChI is InChI=1S/C16H23F/c1-12(2)9-10-16(11-15(16,3)4)13-5-7-14(17)8-6-13/h5-8,12H,9-11H2,1-4H3. The molecule has 0 amide bonds. The van der Waals surface area contributed by atoms with E-state index in [4.69, 9.17) is 0 Å². The first-order valence-electron chi connectivity index (χ1n) is 6.63. The quantitative estimate of drug-likeness (QED) is 0.693. The van der Waals surface area contributed by atoms with E-state index in [1.54, 1.807) is 12.1 Å². The lowest BCUT2D eigenvalue weighted by molar-refractivity contribution is 0.417. The van der Waals surface area contributed by atoms with Gasteiger partial charge >= 0.3 is 0 Å². The number of hydrogen-bond donors (Lipinski definition) is 0. The summed E-state index contributed by atoms with van der Waals surface area (Å²) >= 11 is 0. The summed E-state index contributed by atoms with van der Waals surface area (Å²) < 4.78 is 13.0. The van der Waals surface area contributed by atoms with Crippen molar-refractivity contribution < 1.29 is 4.39 Å².